The molecule has 90 valence electrons. The van der Waals surface area contributed by atoms with E-state index in [1.165, 1.54) is 29.9 Å². The number of H-pyrrole nitrogens is 1. The summed E-state index contributed by atoms with van der Waals surface area (Å²) in [6.07, 6.45) is 2.39. The molecule has 0 aromatic carbocycles. The van der Waals surface area contributed by atoms with Gasteiger partial charge >= 0.3 is 0 Å². The van der Waals surface area contributed by atoms with E-state index >= 15 is 0 Å². The van der Waals surface area contributed by atoms with Crippen molar-refractivity contribution in [1.29, 1.82) is 0 Å². The molecule has 1 aliphatic rings. The molecule has 3 nitrogen and oxygen atoms in total. The topological polar surface area (TPSA) is 31.9 Å². The minimum absolute atomic E-state index is 0.520. The third-order valence-corrected chi connectivity index (χ3v) is 3.50. The molecule has 1 aromatic rings. The Hall–Kier alpha value is -0.830. The number of nitrogens with one attached hydrogen (secondary N) is 1. The van der Waals surface area contributed by atoms with Gasteiger partial charge in [0.25, 0.3) is 0 Å². The number of aryl methyl sites for hydroxylation is 1. The van der Waals surface area contributed by atoms with Gasteiger partial charge in [0, 0.05) is 23.8 Å². The predicted molar refractivity (Wildman–Crippen MR) is 66.5 cm³/mol. The molecule has 0 atom stereocenters. The molecule has 0 saturated heterocycles. The summed E-state index contributed by atoms with van der Waals surface area (Å²) in [6.45, 7) is 11.3. The summed E-state index contributed by atoms with van der Waals surface area (Å²) in [5.74, 6) is 0.520. The van der Waals surface area contributed by atoms with Gasteiger partial charge in [0.15, 0.2) is 0 Å². The molecule has 1 N–H and O–H groups in total. The first-order valence-electron chi connectivity index (χ1n) is 6.39. The molecular formula is C13H23N3. The van der Waals surface area contributed by atoms with E-state index in [4.69, 9.17) is 0 Å². The van der Waals surface area contributed by atoms with Crippen molar-refractivity contribution in [2.24, 2.45) is 0 Å². The number of aromatic nitrogens is 2. The smallest absolute Gasteiger partial charge is 0.0695 e. The molecular weight excluding hydrogens is 198 g/mol. The standard InChI is InChI=1S/C13H23N3/c1-9(2)13-11-8-16(10(3)4)7-5-6-12(11)14-15-13/h9-10H,5-8H2,1-4H3,(H,14,15). The Kier molecular flexibility index (Phi) is 3.33. The van der Waals surface area contributed by atoms with Gasteiger partial charge in [0.05, 0.1) is 5.69 Å². The predicted octanol–water partition coefficient (Wildman–Crippen LogP) is 2.69. The van der Waals surface area contributed by atoms with Gasteiger partial charge in [-0.3, -0.25) is 10.00 Å². The summed E-state index contributed by atoms with van der Waals surface area (Å²) in [5.41, 5.74) is 4.09. The molecule has 0 fully saturated rings. The maximum absolute atomic E-state index is 4.48. The molecule has 1 aliphatic heterocycles. The number of hydrogen-bond acceptors (Lipinski definition) is 2. The minimum Gasteiger partial charge on any atom is -0.297 e. The molecule has 3 heteroatoms. The van der Waals surface area contributed by atoms with Gasteiger partial charge in [-0.1, -0.05) is 13.8 Å². The first-order chi connectivity index (χ1) is 7.59. The molecule has 0 spiro atoms. The van der Waals surface area contributed by atoms with Gasteiger partial charge in [0.1, 0.15) is 0 Å². The minimum atomic E-state index is 0.520. The maximum Gasteiger partial charge on any atom is 0.0695 e. The van der Waals surface area contributed by atoms with Crippen molar-refractivity contribution >= 4 is 0 Å². The molecule has 16 heavy (non-hydrogen) atoms. The zero-order chi connectivity index (χ0) is 11.7. The molecule has 0 aliphatic carbocycles. The third-order valence-electron chi connectivity index (χ3n) is 3.50. The number of rotatable bonds is 2. The molecule has 2 rings (SSSR count). The Morgan fingerprint density at radius 3 is 2.62 bits per heavy atom. The van der Waals surface area contributed by atoms with Crippen LogP contribution in [0.15, 0.2) is 0 Å². The Morgan fingerprint density at radius 2 is 2.00 bits per heavy atom. The Balaban J connectivity index is 2.29. The van der Waals surface area contributed by atoms with E-state index in [-0.39, 0.29) is 0 Å². The molecule has 0 unspecified atom stereocenters. The van der Waals surface area contributed by atoms with Crippen LogP contribution < -0.4 is 0 Å². The summed E-state index contributed by atoms with van der Waals surface area (Å²) in [6, 6.07) is 0.626. The van der Waals surface area contributed by atoms with Crippen molar-refractivity contribution in [3.63, 3.8) is 0 Å². The van der Waals surface area contributed by atoms with Crippen LogP contribution in [-0.4, -0.2) is 27.7 Å². The third kappa shape index (κ3) is 2.14. The average molecular weight is 221 g/mol. The van der Waals surface area contributed by atoms with Gasteiger partial charge in [0.2, 0.25) is 0 Å². The van der Waals surface area contributed by atoms with Crippen LogP contribution in [0, 0.1) is 0 Å². The van der Waals surface area contributed by atoms with E-state index in [1.54, 1.807) is 0 Å². The van der Waals surface area contributed by atoms with E-state index in [1.807, 2.05) is 0 Å². The van der Waals surface area contributed by atoms with E-state index in [0.717, 1.165) is 13.0 Å². The monoisotopic (exact) mass is 221 g/mol. The Morgan fingerprint density at radius 1 is 1.25 bits per heavy atom. The summed E-state index contributed by atoms with van der Waals surface area (Å²) in [4.78, 5) is 2.55. The number of aromatic amines is 1. The highest BCUT2D eigenvalue weighted by molar-refractivity contribution is 5.28. The highest BCUT2D eigenvalue weighted by atomic mass is 15.2. The number of nitrogens with zero attached hydrogens (tertiary/aromatic N) is 2. The fourth-order valence-electron chi connectivity index (χ4n) is 2.46. The quantitative estimate of drug-likeness (QED) is 0.832. The van der Waals surface area contributed by atoms with E-state index in [2.05, 4.69) is 42.8 Å². The van der Waals surface area contributed by atoms with E-state index in [0.29, 0.717) is 12.0 Å². The fraction of sp³-hybridized carbons (Fsp3) is 0.769. The second-order valence-electron chi connectivity index (χ2n) is 5.39. The van der Waals surface area contributed by atoms with Crippen LogP contribution in [0.25, 0.3) is 0 Å². The van der Waals surface area contributed by atoms with Crippen molar-refractivity contribution < 1.29 is 0 Å². The van der Waals surface area contributed by atoms with Crippen LogP contribution in [0.5, 0.6) is 0 Å². The van der Waals surface area contributed by atoms with Gasteiger partial charge in [-0.15, -0.1) is 0 Å². The lowest BCUT2D eigenvalue weighted by atomic mass is 10.0. The summed E-state index contributed by atoms with van der Waals surface area (Å²) in [7, 11) is 0. The van der Waals surface area contributed by atoms with Crippen molar-refractivity contribution in [2.75, 3.05) is 6.54 Å². The van der Waals surface area contributed by atoms with Crippen molar-refractivity contribution in [1.82, 2.24) is 15.1 Å². The molecule has 2 heterocycles. The van der Waals surface area contributed by atoms with Crippen LogP contribution in [0.4, 0.5) is 0 Å². The lowest BCUT2D eigenvalue weighted by Gasteiger charge is -2.24. The zero-order valence-electron chi connectivity index (χ0n) is 10.9. The first-order valence-corrected chi connectivity index (χ1v) is 6.39. The zero-order valence-corrected chi connectivity index (χ0v) is 10.9. The Bertz CT molecular complexity index is 352. The van der Waals surface area contributed by atoms with Gasteiger partial charge < -0.3 is 0 Å². The SMILES string of the molecule is CC(C)c1n[nH]c2c1CN(C(C)C)CCC2. The number of hydrogen-bond donors (Lipinski definition) is 1. The van der Waals surface area contributed by atoms with Crippen molar-refractivity contribution in [2.45, 2.75) is 59.0 Å². The highest BCUT2D eigenvalue weighted by Gasteiger charge is 2.22. The van der Waals surface area contributed by atoms with Gasteiger partial charge in [-0.05, 0) is 39.2 Å². The maximum atomic E-state index is 4.48. The second kappa shape index (κ2) is 4.58. The van der Waals surface area contributed by atoms with Crippen LogP contribution in [0.1, 0.15) is 57.0 Å². The molecule has 0 saturated carbocycles. The van der Waals surface area contributed by atoms with Crippen LogP contribution in [0.2, 0.25) is 0 Å². The first kappa shape index (κ1) is 11.6. The fourth-order valence-corrected chi connectivity index (χ4v) is 2.46. The van der Waals surface area contributed by atoms with Crippen LogP contribution in [0.3, 0.4) is 0 Å². The highest BCUT2D eigenvalue weighted by Crippen LogP contribution is 2.25. The van der Waals surface area contributed by atoms with Crippen LogP contribution in [-0.2, 0) is 13.0 Å². The summed E-state index contributed by atoms with van der Waals surface area (Å²) in [5, 5.41) is 7.71. The Labute approximate surface area is 98.2 Å². The number of fused-ring (bicyclic) bond motifs is 1. The van der Waals surface area contributed by atoms with Gasteiger partial charge in [-0.2, -0.15) is 5.10 Å². The largest absolute Gasteiger partial charge is 0.297 e. The molecule has 0 amide bonds. The van der Waals surface area contributed by atoms with Gasteiger partial charge in [-0.25, -0.2) is 0 Å². The molecule has 0 radical (unpaired) electrons. The summed E-state index contributed by atoms with van der Waals surface area (Å²) < 4.78 is 0. The van der Waals surface area contributed by atoms with E-state index < -0.39 is 0 Å². The van der Waals surface area contributed by atoms with E-state index in [9.17, 15) is 0 Å². The lowest BCUT2D eigenvalue weighted by Crippen LogP contribution is -2.30. The van der Waals surface area contributed by atoms with Crippen molar-refractivity contribution in [3.05, 3.63) is 17.0 Å². The molecule has 1 aromatic heterocycles. The molecule has 0 bridgehead atoms. The lowest BCUT2D eigenvalue weighted by molar-refractivity contribution is 0.215. The average Bonchev–Trinajstić information content (AvgIpc) is 2.48. The van der Waals surface area contributed by atoms with Crippen LogP contribution >= 0.6 is 0 Å². The second-order valence-corrected chi connectivity index (χ2v) is 5.39. The summed E-state index contributed by atoms with van der Waals surface area (Å²) >= 11 is 0. The van der Waals surface area contributed by atoms with Crippen molar-refractivity contribution in [3.8, 4) is 0 Å². The normalized spacial score (nSPS) is 17.9.